The standard InChI is InChI=1S/C21H34N4O2.HI/c1-16-8-7-9-17(2)19(16)11-12-22-21(24-15-20(26)25(3)4)23-14-18-10-5-6-13-27-18;/h7-9,18H,5-6,10-15H2,1-4H3,(H2,22,23,24);1H. The molecular formula is C21H35IN4O2. The van der Waals surface area contributed by atoms with Gasteiger partial charge in [0.2, 0.25) is 5.91 Å². The summed E-state index contributed by atoms with van der Waals surface area (Å²) in [5.41, 5.74) is 3.98. The maximum Gasteiger partial charge on any atom is 0.243 e. The van der Waals surface area contributed by atoms with Crippen LogP contribution >= 0.6 is 24.0 Å². The van der Waals surface area contributed by atoms with Gasteiger partial charge in [0.15, 0.2) is 5.96 Å². The summed E-state index contributed by atoms with van der Waals surface area (Å²) in [5, 5.41) is 6.71. The smallest absolute Gasteiger partial charge is 0.243 e. The highest BCUT2D eigenvalue weighted by Gasteiger charge is 2.14. The largest absolute Gasteiger partial charge is 0.376 e. The molecule has 0 spiro atoms. The second-order valence-electron chi connectivity index (χ2n) is 7.37. The van der Waals surface area contributed by atoms with Crippen LogP contribution in [-0.4, -0.2) is 63.2 Å². The average molecular weight is 502 g/mol. The first-order valence-corrected chi connectivity index (χ1v) is 9.86. The number of benzene rings is 1. The highest BCUT2D eigenvalue weighted by atomic mass is 127. The monoisotopic (exact) mass is 502 g/mol. The van der Waals surface area contributed by atoms with Crippen LogP contribution in [0, 0.1) is 13.8 Å². The van der Waals surface area contributed by atoms with Crippen LogP contribution in [0.15, 0.2) is 23.2 Å². The predicted octanol–water partition coefficient (Wildman–Crippen LogP) is 2.66. The van der Waals surface area contributed by atoms with Gasteiger partial charge in [-0.15, -0.1) is 24.0 Å². The molecule has 1 heterocycles. The van der Waals surface area contributed by atoms with Crippen LogP contribution in [0.4, 0.5) is 0 Å². The number of aliphatic imine (C=N–C) groups is 1. The van der Waals surface area contributed by atoms with E-state index in [0.717, 1.165) is 32.4 Å². The van der Waals surface area contributed by atoms with Crippen LogP contribution < -0.4 is 10.6 Å². The molecule has 1 unspecified atom stereocenters. The molecule has 0 aliphatic carbocycles. The van der Waals surface area contributed by atoms with Crippen molar-refractivity contribution in [1.82, 2.24) is 15.5 Å². The van der Waals surface area contributed by atoms with Crippen LogP contribution in [0.1, 0.15) is 36.0 Å². The molecule has 1 aliphatic heterocycles. The Morgan fingerprint density at radius 3 is 2.54 bits per heavy atom. The lowest BCUT2D eigenvalue weighted by molar-refractivity contribution is -0.127. The summed E-state index contributed by atoms with van der Waals surface area (Å²) in [6.07, 6.45) is 4.55. The van der Waals surface area contributed by atoms with E-state index < -0.39 is 0 Å². The SMILES string of the molecule is Cc1cccc(C)c1CCNC(=NCC(=O)N(C)C)NCC1CCCCO1.I. The zero-order valence-electron chi connectivity index (χ0n) is 17.6. The maximum absolute atomic E-state index is 11.9. The van der Waals surface area contributed by atoms with Crippen molar-refractivity contribution in [3.05, 3.63) is 34.9 Å². The van der Waals surface area contributed by atoms with Gasteiger partial charge in [0.1, 0.15) is 6.54 Å². The Morgan fingerprint density at radius 1 is 1.21 bits per heavy atom. The fourth-order valence-corrected chi connectivity index (χ4v) is 3.19. The topological polar surface area (TPSA) is 66.0 Å². The number of carbonyl (C=O) groups excluding carboxylic acids is 1. The van der Waals surface area contributed by atoms with Gasteiger partial charge in [0.05, 0.1) is 6.10 Å². The molecule has 7 heteroatoms. The molecule has 2 N–H and O–H groups in total. The molecule has 0 saturated carbocycles. The molecular weight excluding hydrogens is 467 g/mol. The number of amides is 1. The normalized spacial score (nSPS) is 16.9. The molecule has 0 bridgehead atoms. The maximum atomic E-state index is 11.9. The van der Waals surface area contributed by atoms with Crippen molar-refractivity contribution in [3.8, 4) is 0 Å². The number of aryl methyl sites for hydroxylation is 2. The molecule has 1 aromatic rings. The summed E-state index contributed by atoms with van der Waals surface area (Å²) in [5.74, 6) is 0.658. The molecule has 1 atom stereocenters. The first kappa shape index (κ1) is 24.7. The molecule has 1 fully saturated rings. The Labute approximate surface area is 186 Å². The molecule has 2 rings (SSSR count). The van der Waals surface area contributed by atoms with Crippen LogP contribution in [0.2, 0.25) is 0 Å². The summed E-state index contributed by atoms with van der Waals surface area (Å²) in [7, 11) is 3.49. The lowest BCUT2D eigenvalue weighted by atomic mass is 10.0. The number of halogens is 1. The van der Waals surface area contributed by atoms with Gasteiger partial charge < -0.3 is 20.3 Å². The fourth-order valence-electron chi connectivity index (χ4n) is 3.19. The molecule has 0 radical (unpaired) electrons. The Hall–Kier alpha value is -1.35. The number of hydrogen-bond donors (Lipinski definition) is 2. The van der Waals surface area contributed by atoms with E-state index in [1.165, 1.54) is 23.1 Å². The summed E-state index contributed by atoms with van der Waals surface area (Å²) in [6.45, 7) is 6.73. The minimum Gasteiger partial charge on any atom is -0.376 e. The van der Waals surface area contributed by atoms with Gasteiger partial charge in [0.25, 0.3) is 0 Å². The van der Waals surface area contributed by atoms with E-state index in [0.29, 0.717) is 12.5 Å². The molecule has 0 aromatic heterocycles. The van der Waals surface area contributed by atoms with E-state index in [1.807, 2.05) is 0 Å². The number of likely N-dealkylation sites (N-methyl/N-ethyl adjacent to an activating group) is 1. The number of rotatable bonds is 7. The third kappa shape index (κ3) is 8.34. The number of ether oxygens (including phenoxy) is 1. The fraction of sp³-hybridized carbons (Fsp3) is 0.619. The first-order chi connectivity index (χ1) is 13.0. The highest BCUT2D eigenvalue weighted by molar-refractivity contribution is 14.0. The van der Waals surface area contributed by atoms with Crippen molar-refractivity contribution < 1.29 is 9.53 Å². The third-order valence-corrected chi connectivity index (χ3v) is 4.95. The van der Waals surface area contributed by atoms with Crippen molar-refractivity contribution in [2.75, 3.05) is 40.3 Å². The van der Waals surface area contributed by atoms with Gasteiger partial charge in [-0.2, -0.15) is 0 Å². The second kappa shape index (κ2) is 13.0. The average Bonchev–Trinajstić information content (AvgIpc) is 2.66. The summed E-state index contributed by atoms with van der Waals surface area (Å²) in [4.78, 5) is 17.9. The van der Waals surface area contributed by atoms with Crippen molar-refractivity contribution in [1.29, 1.82) is 0 Å². The zero-order chi connectivity index (χ0) is 19.6. The zero-order valence-corrected chi connectivity index (χ0v) is 19.9. The van der Waals surface area contributed by atoms with E-state index in [2.05, 4.69) is 47.7 Å². The van der Waals surface area contributed by atoms with E-state index >= 15 is 0 Å². The van der Waals surface area contributed by atoms with E-state index in [-0.39, 0.29) is 42.5 Å². The number of carbonyl (C=O) groups is 1. The third-order valence-electron chi connectivity index (χ3n) is 4.95. The van der Waals surface area contributed by atoms with Gasteiger partial charge >= 0.3 is 0 Å². The number of nitrogens with zero attached hydrogens (tertiary/aromatic N) is 2. The van der Waals surface area contributed by atoms with Crippen molar-refractivity contribution >= 4 is 35.8 Å². The predicted molar refractivity (Wildman–Crippen MR) is 126 cm³/mol. The molecule has 1 aromatic carbocycles. The summed E-state index contributed by atoms with van der Waals surface area (Å²) >= 11 is 0. The van der Waals surface area contributed by atoms with Crippen molar-refractivity contribution in [3.63, 3.8) is 0 Å². The lowest BCUT2D eigenvalue weighted by Gasteiger charge is -2.24. The number of nitrogens with one attached hydrogen (secondary N) is 2. The van der Waals surface area contributed by atoms with Crippen LogP contribution in [0.5, 0.6) is 0 Å². The lowest BCUT2D eigenvalue weighted by Crippen LogP contribution is -2.43. The molecule has 1 saturated heterocycles. The van der Waals surface area contributed by atoms with E-state index in [9.17, 15) is 4.79 Å². The Balaban J connectivity index is 0.00000392. The number of guanidine groups is 1. The molecule has 6 nitrogen and oxygen atoms in total. The molecule has 158 valence electrons. The quantitative estimate of drug-likeness (QED) is 0.342. The van der Waals surface area contributed by atoms with Gasteiger partial charge in [-0.3, -0.25) is 4.79 Å². The van der Waals surface area contributed by atoms with Crippen molar-refractivity contribution in [2.45, 2.75) is 45.6 Å². The van der Waals surface area contributed by atoms with Gasteiger partial charge in [-0.25, -0.2) is 4.99 Å². The number of hydrogen-bond acceptors (Lipinski definition) is 3. The van der Waals surface area contributed by atoms with E-state index in [4.69, 9.17) is 4.74 Å². The molecule has 1 aliphatic rings. The van der Waals surface area contributed by atoms with Gasteiger partial charge in [-0.05, 0) is 56.2 Å². The van der Waals surface area contributed by atoms with Crippen molar-refractivity contribution in [2.24, 2.45) is 4.99 Å². The highest BCUT2D eigenvalue weighted by Crippen LogP contribution is 2.13. The first-order valence-electron chi connectivity index (χ1n) is 9.86. The van der Waals surface area contributed by atoms with Gasteiger partial charge in [-0.1, -0.05) is 18.2 Å². The van der Waals surface area contributed by atoms with Crippen LogP contribution in [0.25, 0.3) is 0 Å². The molecule has 28 heavy (non-hydrogen) atoms. The minimum atomic E-state index is -0.0141. The summed E-state index contributed by atoms with van der Waals surface area (Å²) < 4.78 is 5.78. The van der Waals surface area contributed by atoms with Crippen LogP contribution in [0.3, 0.4) is 0 Å². The van der Waals surface area contributed by atoms with E-state index in [1.54, 1.807) is 19.0 Å². The minimum absolute atomic E-state index is 0. The summed E-state index contributed by atoms with van der Waals surface area (Å²) in [6, 6.07) is 6.38. The Kier molecular flexibility index (Phi) is 11.4. The molecule has 1 amide bonds. The second-order valence-corrected chi connectivity index (χ2v) is 7.37. The Morgan fingerprint density at radius 2 is 1.93 bits per heavy atom. The van der Waals surface area contributed by atoms with Crippen LogP contribution in [-0.2, 0) is 16.0 Å². The Bertz CT molecular complexity index is 623. The van der Waals surface area contributed by atoms with Gasteiger partial charge in [0, 0.05) is 33.8 Å².